The summed E-state index contributed by atoms with van der Waals surface area (Å²) in [5, 5.41) is 9.39. The van der Waals surface area contributed by atoms with Gasteiger partial charge >= 0.3 is 5.97 Å². The van der Waals surface area contributed by atoms with Crippen molar-refractivity contribution < 1.29 is 23.8 Å². The van der Waals surface area contributed by atoms with E-state index in [9.17, 15) is 19.1 Å². The molecule has 1 aromatic carbocycles. The number of hydrogen-bond donors (Lipinski definition) is 1. The number of amides is 1. The van der Waals surface area contributed by atoms with Crippen molar-refractivity contribution in [3.63, 3.8) is 0 Å². The number of carbonyl (C=O) groups excluding carboxylic acids is 1. The van der Waals surface area contributed by atoms with Crippen molar-refractivity contribution in [1.82, 2.24) is 4.90 Å². The molecule has 8 heteroatoms. The molecule has 0 aliphatic carbocycles. The maximum atomic E-state index is 14.4. The molecule has 6 nitrogen and oxygen atoms in total. The molecule has 1 unspecified atom stereocenters. The van der Waals surface area contributed by atoms with Gasteiger partial charge in [-0.2, -0.15) is 0 Å². The largest absolute Gasteiger partial charge is 0.480 e. The lowest BCUT2D eigenvalue weighted by Crippen LogP contribution is -2.43. The maximum absolute atomic E-state index is 14.4. The first-order valence-corrected chi connectivity index (χ1v) is 8.08. The highest BCUT2D eigenvalue weighted by atomic mass is 35.5. The summed E-state index contributed by atoms with van der Waals surface area (Å²) in [6.07, 6.45) is 1.56. The summed E-state index contributed by atoms with van der Waals surface area (Å²) in [5.74, 6) is -1.67. The number of anilines is 1. The van der Waals surface area contributed by atoms with Crippen molar-refractivity contribution in [3.05, 3.63) is 35.9 Å². The minimum Gasteiger partial charge on any atom is -0.480 e. The van der Waals surface area contributed by atoms with Crippen LogP contribution in [-0.4, -0.2) is 48.6 Å². The van der Waals surface area contributed by atoms with E-state index in [1.807, 2.05) is 13.8 Å². The topological polar surface area (TPSA) is 70.1 Å². The summed E-state index contributed by atoms with van der Waals surface area (Å²) in [6, 6.07) is 3.81. The number of aliphatic carboxylic acids is 1. The van der Waals surface area contributed by atoms with Crippen molar-refractivity contribution in [3.8, 4) is 5.75 Å². The number of rotatable bonds is 7. The van der Waals surface area contributed by atoms with Crippen molar-refractivity contribution in [2.45, 2.75) is 26.3 Å². The van der Waals surface area contributed by atoms with E-state index in [0.717, 1.165) is 0 Å². The zero-order valence-corrected chi connectivity index (χ0v) is 16.0. The Morgan fingerprint density at radius 1 is 1.38 bits per heavy atom. The van der Waals surface area contributed by atoms with Gasteiger partial charge in [0.05, 0.1) is 12.2 Å². The maximum Gasteiger partial charge on any atom is 0.326 e. The Morgan fingerprint density at radius 2 is 2.04 bits per heavy atom. The quantitative estimate of drug-likeness (QED) is 0.780. The van der Waals surface area contributed by atoms with Crippen LogP contribution in [0, 0.1) is 11.7 Å². The monoisotopic (exact) mass is 386 g/mol. The van der Waals surface area contributed by atoms with Gasteiger partial charge < -0.3 is 19.6 Å². The smallest absolute Gasteiger partial charge is 0.326 e. The molecule has 2 rings (SSSR count). The highest BCUT2D eigenvalue weighted by molar-refractivity contribution is 5.94. The van der Waals surface area contributed by atoms with E-state index in [-0.39, 0.29) is 36.4 Å². The lowest BCUT2D eigenvalue weighted by molar-refractivity contribution is -0.148. The predicted molar refractivity (Wildman–Crippen MR) is 99.3 cm³/mol. The molecule has 1 aromatic rings. The Morgan fingerprint density at radius 3 is 2.58 bits per heavy atom. The molecule has 0 fully saturated rings. The fourth-order valence-corrected chi connectivity index (χ4v) is 2.71. The molecule has 144 valence electrons. The van der Waals surface area contributed by atoms with Gasteiger partial charge in [-0.3, -0.25) is 4.79 Å². The standard InChI is InChI=1S/C18H23FN2O4.ClH/c1-11(2)8-14(18(23)24)21-10-12(9-16(21)22)25-15-7-5-6-13(17(15)19)20(3)4;/h5-7,9,11,14H,8,10H2,1-4H3,(H,23,24);1H. The van der Waals surface area contributed by atoms with Gasteiger partial charge in [-0.25, -0.2) is 9.18 Å². The van der Waals surface area contributed by atoms with E-state index < -0.39 is 23.7 Å². The normalized spacial score (nSPS) is 14.8. The molecule has 1 heterocycles. The molecule has 1 atom stereocenters. The number of hydrogen-bond acceptors (Lipinski definition) is 4. The molecule has 1 aliphatic heterocycles. The molecule has 1 aliphatic rings. The number of halogens is 2. The number of carboxylic acids is 1. The first kappa shape index (κ1) is 21.8. The van der Waals surface area contributed by atoms with E-state index in [0.29, 0.717) is 12.1 Å². The van der Waals surface area contributed by atoms with Crippen LogP contribution in [0.1, 0.15) is 20.3 Å². The third kappa shape index (κ3) is 4.88. The van der Waals surface area contributed by atoms with Crippen molar-refractivity contribution in [2.75, 3.05) is 25.5 Å². The third-order valence-corrected chi connectivity index (χ3v) is 3.92. The fraction of sp³-hybridized carbons (Fsp3) is 0.444. The van der Waals surface area contributed by atoms with E-state index >= 15 is 0 Å². The number of carbonyl (C=O) groups is 2. The molecule has 0 saturated heterocycles. The number of nitrogens with zero attached hydrogens (tertiary/aromatic N) is 2. The first-order valence-electron chi connectivity index (χ1n) is 8.08. The van der Waals surface area contributed by atoms with Crippen LogP contribution in [0.2, 0.25) is 0 Å². The van der Waals surface area contributed by atoms with Crippen LogP contribution in [-0.2, 0) is 9.59 Å². The predicted octanol–water partition coefficient (Wildman–Crippen LogP) is 2.92. The van der Waals surface area contributed by atoms with Gasteiger partial charge in [0.15, 0.2) is 11.6 Å². The van der Waals surface area contributed by atoms with Gasteiger partial charge in [0.2, 0.25) is 0 Å². The van der Waals surface area contributed by atoms with E-state index in [2.05, 4.69) is 0 Å². The third-order valence-electron chi connectivity index (χ3n) is 3.92. The summed E-state index contributed by atoms with van der Waals surface area (Å²) in [6.45, 7) is 3.79. The molecule has 1 amide bonds. The van der Waals surface area contributed by atoms with Gasteiger partial charge in [0.25, 0.3) is 5.91 Å². The minimum absolute atomic E-state index is 0. The second kappa shape index (κ2) is 8.89. The van der Waals surface area contributed by atoms with Crippen LogP contribution in [0.25, 0.3) is 0 Å². The van der Waals surface area contributed by atoms with Crippen molar-refractivity contribution in [1.29, 1.82) is 0 Å². The lowest BCUT2D eigenvalue weighted by Gasteiger charge is -2.25. The summed E-state index contributed by atoms with van der Waals surface area (Å²) in [4.78, 5) is 26.5. The summed E-state index contributed by atoms with van der Waals surface area (Å²) in [5.41, 5.74) is 0.363. The molecule has 26 heavy (non-hydrogen) atoms. The van der Waals surface area contributed by atoms with Gasteiger partial charge in [-0.1, -0.05) is 19.9 Å². The highest BCUT2D eigenvalue weighted by Crippen LogP contribution is 2.29. The van der Waals surface area contributed by atoms with Crippen molar-refractivity contribution in [2.24, 2.45) is 5.92 Å². The molecular weight excluding hydrogens is 363 g/mol. The number of benzene rings is 1. The van der Waals surface area contributed by atoms with Gasteiger partial charge in [-0.05, 0) is 24.5 Å². The fourth-order valence-electron chi connectivity index (χ4n) is 2.71. The lowest BCUT2D eigenvalue weighted by atomic mass is 10.0. The minimum atomic E-state index is -1.06. The van der Waals surface area contributed by atoms with Crippen LogP contribution in [0.5, 0.6) is 5.75 Å². The van der Waals surface area contributed by atoms with E-state index in [4.69, 9.17) is 4.74 Å². The summed E-state index contributed by atoms with van der Waals surface area (Å²) in [7, 11) is 3.43. The van der Waals surface area contributed by atoms with Crippen LogP contribution in [0.3, 0.4) is 0 Å². The van der Waals surface area contributed by atoms with Crippen LogP contribution in [0.4, 0.5) is 10.1 Å². The SMILES string of the molecule is CC(C)CC(C(=O)O)N1CC(Oc2cccc(N(C)C)c2F)=CC1=O.Cl. The molecule has 1 N–H and O–H groups in total. The van der Waals surface area contributed by atoms with Gasteiger partial charge in [0.1, 0.15) is 11.8 Å². The molecule has 0 radical (unpaired) electrons. The first-order chi connectivity index (χ1) is 11.7. The van der Waals surface area contributed by atoms with Crippen LogP contribution < -0.4 is 9.64 Å². The molecule has 0 bridgehead atoms. The Kier molecular flexibility index (Phi) is 7.44. The van der Waals surface area contributed by atoms with Crippen molar-refractivity contribution >= 4 is 30.0 Å². The zero-order chi connectivity index (χ0) is 18.7. The summed E-state index contributed by atoms with van der Waals surface area (Å²) >= 11 is 0. The van der Waals surface area contributed by atoms with Crippen LogP contribution >= 0.6 is 12.4 Å². The Labute approximate surface area is 158 Å². The Hall–Kier alpha value is -2.28. The van der Waals surface area contributed by atoms with E-state index in [1.54, 1.807) is 31.1 Å². The average molecular weight is 387 g/mol. The zero-order valence-electron chi connectivity index (χ0n) is 15.2. The average Bonchev–Trinajstić information content (AvgIpc) is 2.86. The van der Waals surface area contributed by atoms with E-state index in [1.165, 1.54) is 17.0 Å². The van der Waals surface area contributed by atoms with Crippen LogP contribution in [0.15, 0.2) is 30.0 Å². The molecule has 0 aromatic heterocycles. The Balaban J connectivity index is 0.00000338. The second-order valence-corrected chi connectivity index (χ2v) is 6.65. The highest BCUT2D eigenvalue weighted by Gasteiger charge is 2.34. The summed E-state index contributed by atoms with van der Waals surface area (Å²) < 4.78 is 20.0. The number of carboxylic acid groups (broad SMARTS) is 1. The molecule has 0 spiro atoms. The van der Waals surface area contributed by atoms with Gasteiger partial charge in [-0.15, -0.1) is 12.4 Å². The molecule has 0 saturated carbocycles. The second-order valence-electron chi connectivity index (χ2n) is 6.65. The number of ether oxygens (including phenoxy) is 1. The molecular formula is C18H24ClFN2O4. The van der Waals surface area contributed by atoms with Gasteiger partial charge in [0, 0.05) is 20.2 Å². The Bertz CT molecular complexity index is 706.